The first-order chi connectivity index (χ1) is 9.65. The molecule has 3 nitrogen and oxygen atoms in total. The quantitative estimate of drug-likeness (QED) is 0.733. The normalized spacial score (nSPS) is 36.1. The Morgan fingerprint density at radius 1 is 1.35 bits per heavy atom. The summed E-state index contributed by atoms with van der Waals surface area (Å²) in [7, 11) is 0. The van der Waals surface area contributed by atoms with Crippen molar-refractivity contribution in [3.8, 4) is 6.07 Å². The zero-order valence-corrected chi connectivity index (χ0v) is 12.3. The molecule has 0 radical (unpaired) electrons. The van der Waals surface area contributed by atoms with E-state index in [1.807, 2.05) is 0 Å². The Balaban J connectivity index is 1.71. The van der Waals surface area contributed by atoms with Crippen LogP contribution >= 0.6 is 0 Å². The highest BCUT2D eigenvalue weighted by Gasteiger charge is 2.51. The Morgan fingerprint density at radius 2 is 2.20 bits per heavy atom. The van der Waals surface area contributed by atoms with Crippen molar-refractivity contribution < 1.29 is 9.53 Å². The molecule has 0 N–H and O–H groups in total. The van der Waals surface area contributed by atoms with Crippen molar-refractivity contribution in [1.29, 1.82) is 5.26 Å². The summed E-state index contributed by atoms with van der Waals surface area (Å²) < 4.78 is 6.18. The van der Waals surface area contributed by atoms with Crippen LogP contribution in [0.4, 0.5) is 0 Å². The van der Waals surface area contributed by atoms with E-state index in [0.717, 1.165) is 51.4 Å². The van der Waals surface area contributed by atoms with Gasteiger partial charge in [0.15, 0.2) is 0 Å². The van der Waals surface area contributed by atoms with Crippen LogP contribution in [-0.2, 0) is 9.53 Å². The first-order valence-corrected chi connectivity index (χ1v) is 7.94. The highest BCUT2D eigenvalue weighted by molar-refractivity contribution is 5.87. The molecule has 3 unspecified atom stereocenters. The lowest BCUT2D eigenvalue weighted by atomic mass is 9.66. The maximum absolute atomic E-state index is 12.1. The van der Waals surface area contributed by atoms with Gasteiger partial charge in [-0.15, -0.1) is 0 Å². The van der Waals surface area contributed by atoms with E-state index in [2.05, 4.69) is 13.0 Å². The van der Waals surface area contributed by atoms with Gasteiger partial charge < -0.3 is 4.74 Å². The molecule has 0 bridgehead atoms. The smallest absolute Gasteiger partial charge is 0.139 e. The molecule has 0 aromatic heterocycles. The second kappa shape index (κ2) is 5.24. The second-order valence-corrected chi connectivity index (χ2v) is 6.71. The number of ketones is 1. The first-order valence-electron chi connectivity index (χ1n) is 7.94. The predicted molar refractivity (Wildman–Crippen MR) is 75.7 cm³/mol. The SMILES string of the molecule is CC12CCC3=C(CCC(CCCC#N)O3)C1CCC2=O. The Morgan fingerprint density at radius 3 is 3.00 bits per heavy atom. The molecule has 1 heterocycles. The zero-order chi connectivity index (χ0) is 14.2. The monoisotopic (exact) mass is 273 g/mol. The molecule has 0 aromatic carbocycles. The first kappa shape index (κ1) is 13.7. The largest absolute Gasteiger partial charge is 0.495 e. The number of hydrogen-bond acceptors (Lipinski definition) is 3. The zero-order valence-electron chi connectivity index (χ0n) is 12.3. The molecule has 3 heteroatoms. The van der Waals surface area contributed by atoms with Crippen molar-refractivity contribution >= 4 is 5.78 Å². The molecule has 3 rings (SSSR count). The fourth-order valence-corrected chi connectivity index (χ4v) is 4.31. The maximum Gasteiger partial charge on any atom is 0.139 e. The van der Waals surface area contributed by atoms with Gasteiger partial charge in [-0.25, -0.2) is 0 Å². The summed E-state index contributed by atoms with van der Waals surface area (Å²) in [5.41, 5.74) is 1.34. The lowest BCUT2D eigenvalue weighted by Gasteiger charge is -2.41. The van der Waals surface area contributed by atoms with Gasteiger partial charge in [-0.05, 0) is 50.0 Å². The van der Waals surface area contributed by atoms with Crippen molar-refractivity contribution in [1.82, 2.24) is 0 Å². The van der Waals surface area contributed by atoms with Crippen LogP contribution < -0.4 is 0 Å². The highest BCUT2D eigenvalue weighted by atomic mass is 16.5. The van der Waals surface area contributed by atoms with Crippen LogP contribution in [0.2, 0.25) is 0 Å². The lowest BCUT2D eigenvalue weighted by Crippen LogP contribution is -2.36. The van der Waals surface area contributed by atoms with Crippen molar-refractivity contribution in [2.75, 3.05) is 0 Å². The molecule has 108 valence electrons. The summed E-state index contributed by atoms with van der Waals surface area (Å²) in [6.07, 6.45) is 8.67. The average Bonchev–Trinajstić information content (AvgIpc) is 2.75. The van der Waals surface area contributed by atoms with Gasteiger partial charge in [0.05, 0.1) is 17.9 Å². The van der Waals surface area contributed by atoms with Crippen molar-refractivity contribution in [3.63, 3.8) is 0 Å². The van der Waals surface area contributed by atoms with Gasteiger partial charge in [-0.2, -0.15) is 5.26 Å². The van der Waals surface area contributed by atoms with Gasteiger partial charge in [0.1, 0.15) is 5.78 Å². The highest BCUT2D eigenvalue weighted by Crippen LogP contribution is 2.54. The van der Waals surface area contributed by atoms with Gasteiger partial charge >= 0.3 is 0 Å². The van der Waals surface area contributed by atoms with E-state index < -0.39 is 0 Å². The molecule has 0 aromatic rings. The molecule has 1 saturated carbocycles. The Labute approximate surface area is 121 Å². The number of nitriles is 1. The van der Waals surface area contributed by atoms with E-state index in [9.17, 15) is 4.79 Å². The molecule has 20 heavy (non-hydrogen) atoms. The molecule has 0 saturated heterocycles. The van der Waals surface area contributed by atoms with E-state index in [1.54, 1.807) is 0 Å². The summed E-state index contributed by atoms with van der Waals surface area (Å²) in [5, 5.41) is 8.61. The number of Topliss-reactive ketones (excluding diaryl/α,β-unsaturated/α-hetero) is 1. The van der Waals surface area contributed by atoms with Crippen LogP contribution in [0.5, 0.6) is 0 Å². The van der Waals surface area contributed by atoms with Crippen LogP contribution in [0, 0.1) is 22.7 Å². The average molecular weight is 273 g/mol. The standard InChI is InChI=1S/C17H23NO2/c1-17-10-9-15-13(14(17)7-8-16(17)19)6-5-12(20-15)4-2-3-11-18/h12,14H,2-10H2,1H3. The van der Waals surface area contributed by atoms with Crippen molar-refractivity contribution in [2.45, 2.75) is 70.8 Å². The third-order valence-corrected chi connectivity index (χ3v) is 5.58. The van der Waals surface area contributed by atoms with Gasteiger partial charge in [-0.1, -0.05) is 6.92 Å². The fourth-order valence-electron chi connectivity index (χ4n) is 4.31. The van der Waals surface area contributed by atoms with Crippen molar-refractivity contribution in [3.05, 3.63) is 11.3 Å². The van der Waals surface area contributed by atoms with E-state index in [0.29, 0.717) is 24.2 Å². The molecule has 1 aliphatic heterocycles. The lowest BCUT2D eigenvalue weighted by molar-refractivity contribution is -0.127. The molecule has 0 spiro atoms. The van der Waals surface area contributed by atoms with Gasteiger partial charge in [-0.3, -0.25) is 4.79 Å². The second-order valence-electron chi connectivity index (χ2n) is 6.71. The minimum Gasteiger partial charge on any atom is -0.495 e. The van der Waals surface area contributed by atoms with E-state index in [1.165, 1.54) is 11.3 Å². The van der Waals surface area contributed by atoms with Crippen LogP contribution in [-0.4, -0.2) is 11.9 Å². The molecule has 2 aliphatic carbocycles. The summed E-state index contributed by atoms with van der Waals surface area (Å²) >= 11 is 0. The van der Waals surface area contributed by atoms with Gasteiger partial charge in [0.2, 0.25) is 0 Å². The Bertz CT molecular complexity index is 488. The minimum absolute atomic E-state index is 0.101. The third kappa shape index (κ3) is 2.16. The fraction of sp³-hybridized carbons (Fsp3) is 0.765. The van der Waals surface area contributed by atoms with E-state index in [-0.39, 0.29) is 5.41 Å². The Hall–Kier alpha value is -1.30. The molecule has 3 atom stereocenters. The predicted octanol–water partition coefficient (Wildman–Crippen LogP) is 3.89. The summed E-state index contributed by atoms with van der Waals surface area (Å²) in [6.45, 7) is 2.16. The maximum atomic E-state index is 12.1. The number of carbonyl (C=O) groups is 1. The number of rotatable bonds is 3. The minimum atomic E-state index is -0.101. The Kier molecular flexibility index (Phi) is 3.58. The van der Waals surface area contributed by atoms with Gasteiger partial charge in [0.25, 0.3) is 0 Å². The topological polar surface area (TPSA) is 50.1 Å². The number of ether oxygens (including phenoxy) is 1. The number of fused-ring (bicyclic) bond motifs is 2. The number of unbranched alkanes of at least 4 members (excludes halogenated alkanes) is 1. The number of nitrogens with zero attached hydrogens (tertiary/aromatic N) is 1. The van der Waals surface area contributed by atoms with Crippen LogP contribution in [0.1, 0.15) is 64.7 Å². The van der Waals surface area contributed by atoms with Crippen LogP contribution in [0.15, 0.2) is 11.3 Å². The molecule has 0 amide bonds. The molecule has 3 aliphatic rings. The number of allylic oxidation sites excluding steroid dienone is 2. The number of carbonyl (C=O) groups excluding carboxylic acids is 1. The third-order valence-electron chi connectivity index (χ3n) is 5.58. The summed E-state index contributed by atoms with van der Waals surface area (Å²) in [4.78, 5) is 12.1. The van der Waals surface area contributed by atoms with E-state index in [4.69, 9.17) is 10.00 Å². The number of hydrogen-bond donors (Lipinski definition) is 0. The van der Waals surface area contributed by atoms with E-state index >= 15 is 0 Å². The van der Waals surface area contributed by atoms with Crippen LogP contribution in [0.25, 0.3) is 0 Å². The molecular formula is C17H23NO2. The summed E-state index contributed by atoms with van der Waals surface area (Å²) in [5.74, 6) is 2.10. The van der Waals surface area contributed by atoms with Gasteiger partial charge in [0, 0.05) is 24.7 Å². The molecular weight excluding hydrogens is 250 g/mol. The van der Waals surface area contributed by atoms with Crippen LogP contribution in [0.3, 0.4) is 0 Å². The summed E-state index contributed by atoms with van der Waals surface area (Å²) in [6, 6.07) is 2.20. The van der Waals surface area contributed by atoms with Crippen molar-refractivity contribution in [2.24, 2.45) is 11.3 Å². The molecule has 1 fully saturated rings.